The fourth-order valence-electron chi connectivity index (χ4n) is 2.18. The molecule has 0 saturated heterocycles. The van der Waals surface area contributed by atoms with Crippen molar-refractivity contribution in [1.82, 2.24) is 0 Å². The Kier molecular flexibility index (Phi) is 4.61. The predicted octanol–water partition coefficient (Wildman–Crippen LogP) is 1.24. The van der Waals surface area contributed by atoms with Gasteiger partial charge >= 0.3 is 5.97 Å². The molecule has 4 nitrogen and oxygen atoms in total. The van der Waals surface area contributed by atoms with E-state index >= 15 is 0 Å². The molecule has 3 N–H and O–H groups in total. The Morgan fingerprint density at radius 2 is 2.31 bits per heavy atom. The highest BCUT2D eigenvalue weighted by Gasteiger charge is 2.45. The van der Waals surface area contributed by atoms with Gasteiger partial charge in [0.05, 0.1) is 0 Å². The van der Waals surface area contributed by atoms with Gasteiger partial charge in [-0.3, -0.25) is 4.79 Å². The van der Waals surface area contributed by atoms with Gasteiger partial charge < -0.3 is 15.6 Å². The average Bonchev–Trinajstić information content (AvgIpc) is 2.56. The normalized spacial score (nSPS) is 29.9. The molecule has 0 aromatic rings. The molecule has 0 radical (unpaired) electrons. The van der Waals surface area contributed by atoms with Gasteiger partial charge in [-0.1, -0.05) is 6.42 Å². The summed E-state index contributed by atoms with van der Waals surface area (Å²) in [6.45, 7) is -0.460. The number of nitrogens with two attached hydrogens (primary N) is 1. The van der Waals surface area contributed by atoms with E-state index in [-0.39, 0.29) is 12.5 Å². The van der Waals surface area contributed by atoms with Crippen molar-refractivity contribution in [1.29, 1.82) is 0 Å². The number of carboxylic acid groups (broad SMARTS) is 1. The SMILES string of the molecule is NC1(C(=O)O)CCCC1CCOCC(F)F. The number of carboxylic acids is 1. The van der Waals surface area contributed by atoms with E-state index in [9.17, 15) is 13.6 Å². The molecule has 94 valence electrons. The molecule has 1 aliphatic rings. The monoisotopic (exact) mass is 237 g/mol. The maximum atomic E-state index is 11.8. The predicted molar refractivity (Wildman–Crippen MR) is 53.3 cm³/mol. The number of hydrogen-bond acceptors (Lipinski definition) is 3. The molecule has 2 unspecified atom stereocenters. The first-order valence-electron chi connectivity index (χ1n) is 5.35. The van der Waals surface area contributed by atoms with E-state index in [1.807, 2.05) is 0 Å². The maximum Gasteiger partial charge on any atom is 0.323 e. The Morgan fingerprint density at radius 3 is 2.88 bits per heavy atom. The van der Waals surface area contributed by atoms with Crippen LogP contribution in [0.1, 0.15) is 25.7 Å². The summed E-state index contributed by atoms with van der Waals surface area (Å²) in [7, 11) is 0. The highest BCUT2D eigenvalue weighted by molar-refractivity contribution is 5.79. The Bertz CT molecular complexity index is 250. The van der Waals surface area contributed by atoms with Crippen LogP contribution in [0.15, 0.2) is 0 Å². The fraction of sp³-hybridized carbons (Fsp3) is 0.900. The van der Waals surface area contributed by atoms with E-state index in [1.165, 1.54) is 0 Å². The molecule has 0 amide bonds. The Balaban J connectivity index is 2.33. The number of rotatable bonds is 6. The van der Waals surface area contributed by atoms with Crippen LogP contribution in [0.25, 0.3) is 0 Å². The molecule has 16 heavy (non-hydrogen) atoms. The summed E-state index contributed by atoms with van der Waals surface area (Å²) in [4.78, 5) is 11.0. The minimum absolute atomic E-state index is 0.140. The van der Waals surface area contributed by atoms with Crippen molar-refractivity contribution in [2.24, 2.45) is 11.7 Å². The molecule has 1 saturated carbocycles. The quantitative estimate of drug-likeness (QED) is 0.682. The van der Waals surface area contributed by atoms with Crippen molar-refractivity contribution in [3.05, 3.63) is 0 Å². The van der Waals surface area contributed by atoms with Crippen LogP contribution in [-0.2, 0) is 9.53 Å². The smallest absolute Gasteiger partial charge is 0.323 e. The topological polar surface area (TPSA) is 72.6 Å². The Morgan fingerprint density at radius 1 is 1.62 bits per heavy atom. The highest BCUT2D eigenvalue weighted by atomic mass is 19.3. The number of alkyl halides is 2. The second kappa shape index (κ2) is 5.54. The van der Waals surface area contributed by atoms with Crippen LogP contribution in [0.2, 0.25) is 0 Å². The fourth-order valence-corrected chi connectivity index (χ4v) is 2.18. The molecular formula is C10H17F2NO3. The maximum absolute atomic E-state index is 11.8. The third-order valence-electron chi connectivity index (χ3n) is 3.12. The number of halogens is 2. The van der Waals surface area contributed by atoms with Gasteiger partial charge in [0.2, 0.25) is 0 Å². The van der Waals surface area contributed by atoms with Crippen molar-refractivity contribution in [3.63, 3.8) is 0 Å². The lowest BCUT2D eigenvalue weighted by Gasteiger charge is -2.26. The minimum atomic E-state index is -2.48. The standard InChI is InChI=1S/C10H17F2NO3/c11-8(12)6-16-5-3-7-2-1-4-10(7,13)9(14)15/h7-8H,1-6,13H2,(H,14,15). The first-order chi connectivity index (χ1) is 7.47. The number of carbonyl (C=O) groups is 1. The average molecular weight is 237 g/mol. The summed E-state index contributed by atoms with van der Waals surface area (Å²) in [5.41, 5.74) is 4.58. The van der Waals surface area contributed by atoms with Crippen molar-refractivity contribution in [2.45, 2.75) is 37.6 Å². The highest BCUT2D eigenvalue weighted by Crippen LogP contribution is 2.36. The summed E-state index contributed by atoms with van der Waals surface area (Å²) in [6, 6.07) is 0. The number of aliphatic carboxylic acids is 1. The molecule has 0 aliphatic heterocycles. The van der Waals surface area contributed by atoms with Crippen LogP contribution < -0.4 is 5.73 Å². The summed E-state index contributed by atoms with van der Waals surface area (Å²) in [6.07, 6.45) is -0.119. The van der Waals surface area contributed by atoms with Gasteiger partial charge in [-0.15, -0.1) is 0 Å². The second-order valence-electron chi connectivity index (χ2n) is 4.19. The molecule has 1 fully saturated rings. The largest absolute Gasteiger partial charge is 0.480 e. The minimum Gasteiger partial charge on any atom is -0.480 e. The van der Waals surface area contributed by atoms with Gasteiger partial charge in [-0.2, -0.15) is 0 Å². The Labute approximate surface area is 92.8 Å². The van der Waals surface area contributed by atoms with E-state index in [4.69, 9.17) is 15.6 Å². The summed E-state index contributed by atoms with van der Waals surface area (Å²) >= 11 is 0. The van der Waals surface area contributed by atoms with Crippen molar-refractivity contribution >= 4 is 5.97 Å². The Hall–Kier alpha value is -0.750. The molecule has 1 rings (SSSR count). The van der Waals surface area contributed by atoms with Crippen LogP contribution in [-0.4, -0.2) is 36.3 Å². The first-order valence-corrected chi connectivity index (χ1v) is 5.35. The second-order valence-corrected chi connectivity index (χ2v) is 4.19. The van der Waals surface area contributed by atoms with Gasteiger partial charge in [0.15, 0.2) is 0 Å². The molecule has 0 aromatic carbocycles. The van der Waals surface area contributed by atoms with E-state index in [2.05, 4.69) is 0 Å². The molecule has 0 spiro atoms. The van der Waals surface area contributed by atoms with Gasteiger partial charge in [0, 0.05) is 6.61 Å². The molecule has 0 heterocycles. The van der Waals surface area contributed by atoms with E-state index in [1.54, 1.807) is 0 Å². The zero-order valence-electron chi connectivity index (χ0n) is 8.99. The number of ether oxygens (including phenoxy) is 1. The molecule has 6 heteroatoms. The van der Waals surface area contributed by atoms with E-state index in [0.29, 0.717) is 12.8 Å². The van der Waals surface area contributed by atoms with Crippen LogP contribution >= 0.6 is 0 Å². The van der Waals surface area contributed by atoms with Crippen LogP contribution in [0.5, 0.6) is 0 Å². The van der Waals surface area contributed by atoms with Crippen molar-refractivity contribution < 1.29 is 23.4 Å². The lowest BCUT2D eigenvalue weighted by molar-refractivity contribution is -0.145. The molecular weight excluding hydrogens is 220 g/mol. The third kappa shape index (κ3) is 3.12. The van der Waals surface area contributed by atoms with Crippen LogP contribution in [0.3, 0.4) is 0 Å². The van der Waals surface area contributed by atoms with Crippen LogP contribution in [0, 0.1) is 5.92 Å². The van der Waals surface area contributed by atoms with Gasteiger partial charge in [0.25, 0.3) is 6.43 Å². The zero-order valence-corrected chi connectivity index (χ0v) is 8.99. The third-order valence-corrected chi connectivity index (χ3v) is 3.12. The summed E-state index contributed by atoms with van der Waals surface area (Å²) < 4.78 is 28.3. The lowest BCUT2D eigenvalue weighted by Crippen LogP contribution is -2.51. The van der Waals surface area contributed by atoms with Gasteiger partial charge in [-0.05, 0) is 25.2 Å². The van der Waals surface area contributed by atoms with Crippen LogP contribution in [0.4, 0.5) is 8.78 Å². The van der Waals surface area contributed by atoms with Gasteiger partial charge in [-0.25, -0.2) is 8.78 Å². The molecule has 1 aliphatic carbocycles. The summed E-state index contributed by atoms with van der Waals surface area (Å²) in [5.74, 6) is -1.19. The van der Waals surface area contributed by atoms with Crippen molar-refractivity contribution in [3.8, 4) is 0 Å². The van der Waals surface area contributed by atoms with Crippen molar-refractivity contribution in [2.75, 3.05) is 13.2 Å². The number of hydrogen-bond donors (Lipinski definition) is 2. The summed E-state index contributed by atoms with van der Waals surface area (Å²) in [5, 5.41) is 9.00. The molecule has 0 bridgehead atoms. The van der Waals surface area contributed by atoms with Gasteiger partial charge in [0.1, 0.15) is 12.1 Å². The molecule has 2 atom stereocenters. The van der Waals surface area contributed by atoms with E-state index < -0.39 is 24.5 Å². The zero-order chi connectivity index (χ0) is 12.2. The molecule has 0 aromatic heterocycles. The lowest BCUT2D eigenvalue weighted by atomic mass is 9.86. The van der Waals surface area contributed by atoms with E-state index in [0.717, 1.165) is 12.8 Å². The first kappa shape index (κ1) is 13.3.